The van der Waals surface area contributed by atoms with E-state index in [9.17, 15) is 4.39 Å². The van der Waals surface area contributed by atoms with E-state index < -0.39 is 5.67 Å². The molecule has 0 saturated carbocycles. The van der Waals surface area contributed by atoms with E-state index in [0.29, 0.717) is 25.6 Å². The highest BCUT2D eigenvalue weighted by Crippen LogP contribution is 2.30. The number of rotatable bonds is 4. The van der Waals surface area contributed by atoms with Crippen LogP contribution in [0.15, 0.2) is 0 Å². The molecule has 0 radical (unpaired) electrons. The summed E-state index contributed by atoms with van der Waals surface area (Å²) in [6, 6.07) is 0. The van der Waals surface area contributed by atoms with E-state index in [1.165, 1.54) is 0 Å². The maximum atomic E-state index is 13.4. The summed E-state index contributed by atoms with van der Waals surface area (Å²) < 4.78 is 18.2. The Bertz CT molecular complexity index is 121. The summed E-state index contributed by atoms with van der Waals surface area (Å²) in [5.74, 6) is 0.508. The Hall–Kier alpha value is -0.110. The van der Waals surface area contributed by atoms with Gasteiger partial charge in [0.05, 0.1) is 13.2 Å². The van der Waals surface area contributed by atoms with E-state index in [-0.39, 0.29) is 0 Å². The molecule has 11 heavy (non-hydrogen) atoms. The van der Waals surface area contributed by atoms with Crippen LogP contribution in [0, 0.1) is 5.92 Å². The van der Waals surface area contributed by atoms with Crippen molar-refractivity contribution in [3.63, 3.8) is 0 Å². The molecule has 1 heterocycles. The molecule has 1 rings (SSSR count). The molecular formula is C9H17FO. The van der Waals surface area contributed by atoms with Crippen molar-refractivity contribution in [1.29, 1.82) is 0 Å². The highest BCUT2D eigenvalue weighted by atomic mass is 19.1. The third-order valence-corrected chi connectivity index (χ3v) is 2.22. The van der Waals surface area contributed by atoms with Crippen LogP contribution in [0.4, 0.5) is 4.39 Å². The van der Waals surface area contributed by atoms with Crippen LogP contribution in [-0.2, 0) is 4.74 Å². The lowest BCUT2D eigenvalue weighted by atomic mass is 9.89. The normalized spacial score (nSPS) is 24.3. The lowest BCUT2D eigenvalue weighted by Crippen LogP contribution is -2.46. The van der Waals surface area contributed by atoms with Crippen molar-refractivity contribution >= 4 is 0 Å². The SMILES string of the molecule is CCCC(C)CC1(F)COC1. The summed E-state index contributed by atoms with van der Waals surface area (Å²) in [5, 5.41) is 0. The van der Waals surface area contributed by atoms with E-state index in [0.717, 1.165) is 12.8 Å². The van der Waals surface area contributed by atoms with Crippen LogP contribution in [0.3, 0.4) is 0 Å². The molecule has 0 aromatic carbocycles. The van der Waals surface area contributed by atoms with E-state index in [2.05, 4.69) is 13.8 Å². The average Bonchev–Trinajstić information content (AvgIpc) is 1.85. The van der Waals surface area contributed by atoms with Crippen LogP contribution < -0.4 is 0 Å². The van der Waals surface area contributed by atoms with Crippen molar-refractivity contribution in [3.8, 4) is 0 Å². The molecule has 0 amide bonds. The fourth-order valence-corrected chi connectivity index (χ4v) is 1.66. The van der Waals surface area contributed by atoms with Gasteiger partial charge in [-0.1, -0.05) is 26.7 Å². The Morgan fingerprint density at radius 2 is 2.18 bits per heavy atom. The van der Waals surface area contributed by atoms with Crippen LogP contribution in [0.25, 0.3) is 0 Å². The average molecular weight is 160 g/mol. The Balaban J connectivity index is 2.18. The lowest BCUT2D eigenvalue weighted by molar-refractivity contribution is -0.139. The maximum Gasteiger partial charge on any atom is 0.157 e. The Morgan fingerprint density at radius 1 is 1.55 bits per heavy atom. The Morgan fingerprint density at radius 3 is 2.55 bits per heavy atom. The minimum absolute atomic E-state index is 0.320. The molecule has 0 spiro atoms. The van der Waals surface area contributed by atoms with Crippen molar-refractivity contribution in [2.75, 3.05) is 13.2 Å². The van der Waals surface area contributed by atoms with Crippen molar-refractivity contribution in [2.45, 2.75) is 38.8 Å². The standard InChI is InChI=1S/C9H17FO/c1-3-4-8(2)5-9(10)6-11-7-9/h8H,3-7H2,1-2H3. The van der Waals surface area contributed by atoms with Gasteiger partial charge in [-0.2, -0.15) is 0 Å². The molecule has 1 unspecified atom stereocenters. The highest BCUT2D eigenvalue weighted by Gasteiger charge is 2.39. The van der Waals surface area contributed by atoms with Crippen LogP contribution in [0.2, 0.25) is 0 Å². The largest absolute Gasteiger partial charge is 0.375 e. The third-order valence-electron chi connectivity index (χ3n) is 2.22. The van der Waals surface area contributed by atoms with Gasteiger partial charge in [0.25, 0.3) is 0 Å². The van der Waals surface area contributed by atoms with E-state index >= 15 is 0 Å². The molecule has 1 aliphatic rings. The van der Waals surface area contributed by atoms with Gasteiger partial charge >= 0.3 is 0 Å². The molecule has 1 fully saturated rings. The minimum Gasteiger partial charge on any atom is -0.375 e. The first kappa shape index (κ1) is 8.98. The van der Waals surface area contributed by atoms with Gasteiger partial charge in [-0.05, 0) is 12.3 Å². The van der Waals surface area contributed by atoms with Gasteiger partial charge in [0.15, 0.2) is 5.67 Å². The zero-order valence-electron chi connectivity index (χ0n) is 7.40. The number of hydrogen-bond acceptors (Lipinski definition) is 1. The van der Waals surface area contributed by atoms with Gasteiger partial charge in [-0.25, -0.2) is 4.39 Å². The first-order valence-electron chi connectivity index (χ1n) is 4.43. The van der Waals surface area contributed by atoms with Crippen molar-refractivity contribution in [3.05, 3.63) is 0 Å². The van der Waals surface area contributed by atoms with Crippen molar-refractivity contribution in [2.24, 2.45) is 5.92 Å². The molecule has 66 valence electrons. The van der Waals surface area contributed by atoms with Gasteiger partial charge in [0.1, 0.15) is 0 Å². The fourth-order valence-electron chi connectivity index (χ4n) is 1.66. The molecule has 2 heteroatoms. The third kappa shape index (κ3) is 2.44. The number of alkyl halides is 1. The summed E-state index contributed by atoms with van der Waals surface area (Å²) in [7, 11) is 0. The zero-order chi connectivity index (χ0) is 8.32. The molecule has 0 bridgehead atoms. The predicted molar refractivity (Wildman–Crippen MR) is 43.3 cm³/mol. The fraction of sp³-hybridized carbons (Fsp3) is 1.00. The summed E-state index contributed by atoms with van der Waals surface area (Å²) >= 11 is 0. The molecule has 0 N–H and O–H groups in total. The van der Waals surface area contributed by atoms with E-state index in [1.807, 2.05) is 0 Å². The Kier molecular flexibility index (Phi) is 2.88. The summed E-state index contributed by atoms with van der Waals surface area (Å²) in [4.78, 5) is 0. The maximum absolute atomic E-state index is 13.4. The topological polar surface area (TPSA) is 9.23 Å². The van der Waals surface area contributed by atoms with Crippen LogP contribution in [0.1, 0.15) is 33.1 Å². The number of ether oxygens (including phenoxy) is 1. The quantitative estimate of drug-likeness (QED) is 0.614. The molecule has 1 saturated heterocycles. The van der Waals surface area contributed by atoms with Crippen LogP contribution in [-0.4, -0.2) is 18.9 Å². The van der Waals surface area contributed by atoms with Crippen molar-refractivity contribution < 1.29 is 9.13 Å². The molecule has 1 nitrogen and oxygen atoms in total. The zero-order valence-corrected chi connectivity index (χ0v) is 7.40. The van der Waals surface area contributed by atoms with Crippen molar-refractivity contribution in [1.82, 2.24) is 0 Å². The molecule has 1 aliphatic heterocycles. The lowest BCUT2D eigenvalue weighted by Gasteiger charge is -2.35. The van der Waals surface area contributed by atoms with Crippen LogP contribution in [0.5, 0.6) is 0 Å². The second-order valence-corrected chi connectivity index (χ2v) is 3.74. The summed E-state index contributed by atoms with van der Waals surface area (Å²) in [6.45, 7) is 4.89. The predicted octanol–water partition coefficient (Wildman–Crippen LogP) is 2.55. The first-order chi connectivity index (χ1) is 5.16. The van der Waals surface area contributed by atoms with Gasteiger partial charge in [-0.3, -0.25) is 0 Å². The second kappa shape index (κ2) is 3.53. The number of halogens is 1. The number of hydrogen-bond donors (Lipinski definition) is 0. The minimum atomic E-state index is -0.978. The van der Waals surface area contributed by atoms with Gasteiger partial charge < -0.3 is 4.74 Å². The molecule has 1 atom stereocenters. The summed E-state index contributed by atoms with van der Waals surface area (Å²) in [6.07, 6.45) is 2.96. The second-order valence-electron chi connectivity index (χ2n) is 3.74. The van der Waals surface area contributed by atoms with E-state index in [1.54, 1.807) is 0 Å². The van der Waals surface area contributed by atoms with Gasteiger partial charge in [0, 0.05) is 0 Å². The van der Waals surface area contributed by atoms with Crippen LogP contribution >= 0.6 is 0 Å². The smallest absolute Gasteiger partial charge is 0.157 e. The van der Waals surface area contributed by atoms with E-state index in [4.69, 9.17) is 4.74 Å². The molecule has 0 aromatic rings. The Labute approximate surface area is 67.9 Å². The molecule has 0 aromatic heterocycles. The van der Waals surface area contributed by atoms with Gasteiger partial charge in [0.2, 0.25) is 0 Å². The summed E-state index contributed by atoms with van der Waals surface area (Å²) in [5.41, 5.74) is -0.978. The highest BCUT2D eigenvalue weighted by molar-refractivity contribution is 4.87. The monoisotopic (exact) mass is 160 g/mol. The molecular weight excluding hydrogens is 143 g/mol. The first-order valence-corrected chi connectivity index (χ1v) is 4.43. The molecule has 0 aliphatic carbocycles. The van der Waals surface area contributed by atoms with Gasteiger partial charge in [-0.15, -0.1) is 0 Å².